The zero-order chi connectivity index (χ0) is 12.0. The molecule has 16 heavy (non-hydrogen) atoms. The molecule has 1 amide bonds. The molecule has 0 unspecified atom stereocenters. The van der Waals surface area contributed by atoms with Crippen LogP contribution in [0.25, 0.3) is 0 Å². The molecule has 1 aliphatic heterocycles. The van der Waals surface area contributed by atoms with E-state index in [2.05, 4.69) is 18.7 Å². The number of halogens is 1. The Balaban J connectivity index is 2.37. The van der Waals surface area contributed by atoms with Gasteiger partial charge in [-0.1, -0.05) is 13.8 Å². The molecular weight excluding hydrogens is 224 g/mol. The monoisotopic (exact) mass is 246 g/mol. The van der Waals surface area contributed by atoms with E-state index in [0.717, 1.165) is 39.1 Å². The van der Waals surface area contributed by atoms with Gasteiger partial charge in [-0.3, -0.25) is 4.79 Å². The lowest BCUT2D eigenvalue weighted by molar-refractivity contribution is -0.131. The summed E-state index contributed by atoms with van der Waals surface area (Å²) in [5, 5.41) is 0. The molecule has 0 aromatic carbocycles. The van der Waals surface area contributed by atoms with Crippen LogP contribution in [-0.2, 0) is 4.79 Å². The highest BCUT2D eigenvalue weighted by Gasteiger charge is 2.19. The van der Waals surface area contributed by atoms with E-state index < -0.39 is 0 Å². The second-order valence-corrected chi connectivity index (χ2v) is 5.24. The predicted octanol–water partition coefficient (Wildman–Crippen LogP) is 1.81. The molecule has 1 rings (SSSR count). The number of amides is 1. The highest BCUT2D eigenvalue weighted by Crippen LogP contribution is 2.08. The summed E-state index contributed by atoms with van der Waals surface area (Å²) in [6.45, 7) is 8.93. The molecule has 0 aromatic rings. The fourth-order valence-corrected chi connectivity index (χ4v) is 2.28. The molecular formula is C12H23ClN2O. The van der Waals surface area contributed by atoms with Crippen molar-refractivity contribution in [1.82, 2.24) is 9.80 Å². The van der Waals surface area contributed by atoms with Gasteiger partial charge in [-0.2, -0.15) is 0 Å². The number of hydrogen-bond acceptors (Lipinski definition) is 2. The van der Waals surface area contributed by atoms with E-state index in [1.807, 2.05) is 4.90 Å². The number of carbonyl (C=O) groups excluding carboxylic acids is 1. The van der Waals surface area contributed by atoms with Crippen molar-refractivity contribution in [2.45, 2.75) is 26.7 Å². The number of hydrogen-bond donors (Lipinski definition) is 0. The first-order chi connectivity index (χ1) is 7.63. The van der Waals surface area contributed by atoms with E-state index in [1.165, 1.54) is 0 Å². The highest BCUT2D eigenvalue weighted by molar-refractivity contribution is 6.18. The molecule has 0 aromatic heterocycles. The van der Waals surface area contributed by atoms with E-state index in [1.54, 1.807) is 0 Å². The number of rotatable bonds is 4. The first-order valence-electron chi connectivity index (χ1n) is 6.19. The Morgan fingerprint density at radius 1 is 1.25 bits per heavy atom. The third kappa shape index (κ3) is 4.71. The van der Waals surface area contributed by atoms with Gasteiger partial charge < -0.3 is 9.80 Å². The minimum absolute atomic E-state index is 0.308. The fourth-order valence-electron chi connectivity index (χ4n) is 2.04. The van der Waals surface area contributed by atoms with Crippen LogP contribution in [0.15, 0.2) is 0 Å². The molecule has 0 saturated carbocycles. The van der Waals surface area contributed by atoms with Crippen molar-refractivity contribution in [2.75, 3.05) is 38.6 Å². The smallest absolute Gasteiger partial charge is 0.222 e. The van der Waals surface area contributed by atoms with E-state index in [4.69, 9.17) is 11.6 Å². The third-order valence-corrected chi connectivity index (χ3v) is 3.09. The van der Waals surface area contributed by atoms with Gasteiger partial charge in [-0.15, -0.1) is 11.6 Å². The standard InChI is InChI=1S/C12H23ClN2O/c1-11(2)10-12(16)15-6-3-5-14(7-4-13)8-9-15/h11H,3-10H2,1-2H3. The molecule has 0 bridgehead atoms. The second kappa shape index (κ2) is 7.13. The Bertz CT molecular complexity index is 221. The Morgan fingerprint density at radius 3 is 2.62 bits per heavy atom. The molecule has 0 N–H and O–H groups in total. The molecule has 1 heterocycles. The quantitative estimate of drug-likeness (QED) is 0.707. The van der Waals surface area contributed by atoms with Crippen molar-refractivity contribution in [2.24, 2.45) is 5.92 Å². The van der Waals surface area contributed by atoms with E-state index in [-0.39, 0.29) is 0 Å². The van der Waals surface area contributed by atoms with Crippen LogP contribution in [-0.4, -0.2) is 54.3 Å². The minimum atomic E-state index is 0.308. The summed E-state index contributed by atoms with van der Waals surface area (Å²) in [4.78, 5) is 16.3. The Labute approximate surface area is 104 Å². The molecule has 1 saturated heterocycles. The van der Waals surface area contributed by atoms with Crippen LogP contribution in [0.5, 0.6) is 0 Å². The molecule has 1 aliphatic rings. The number of carbonyl (C=O) groups is 1. The average molecular weight is 247 g/mol. The van der Waals surface area contributed by atoms with E-state index in [9.17, 15) is 4.79 Å². The predicted molar refractivity (Wildman–Crippen MR) is 67.8 cm³/mol. The molecule has 0 spiro atoms. The average Bonchev–Trinajstić information content (AvgIpc) is 2.43. The topological polar surface area (TPSA) is 23.6 Å². The largest absolute Gasteiger partial charge is 0.341 e. The molecule has 0 radical (unpaired) electrons. The lowest BCUT2D eigenvalue weighted by Crippen LogP contribution is -2.36. The van der Waals surface area contributed by atoms with Gasteiger partial charge in [0.25, 0.3) is 0 Å². The van der Waals surface area contributed by atoms with Crippen molar-refractivity contribution in [3.05, 3.63) is 0 Å². The van der Waals surface area contributed by atoms with Crippen LogP contribution in [0.3, 0.4) is 0 Å². The van der Waals surface area contributed by atoms with Crippen molar-refractivity contribution in [1.29, 1.82) is 0 Å². The Morgan fingerprint density at radius 2 is 2.00 bits per heavy atom. The fraction of sp³-hybridized carbons (Fsp3) is 0.917. The molecule has 4 heteroatoms. The summed E-state index contributed by atoms with van der Waals surface area (Å²) in [5.74, 6) is 1.44. The van der Waals surface area contributed by atoms with Crippen LogP contribution in [0.2, 0.25) is 0 Å². The first kappa shape index (κ1) is 13.8. The van der Waals surface area contributed by atoms with Crippen LogP contribution in [0.4, 0.5) is 0 Å². The summed E-state index contributed by atoms with van der Waals surface area (Å²) in [6, 6.07) is 0. The zero-order valence-corrected chi connectivity index (χ0v) is 11.2. The third-order valence-electron chi connectivity index (χ3n) is 2.92. The molecule has 3 nitrogen and oxygen atoms in total. The van der Waals surface area contributed by atoms with Crippen LogP contribution >= 0.6 is 11.6 Å². The van der Waals surface area contributed by atoms with Crippen molar-refractivity contribution in [3.8, 4) is 0 Å². The van der Waals surface area contributed by atoms with Crippen LogP contribution in [0.1, 0.15) is 26.7 Å². The second-order valence-electron chi connectivity index (χ2n) is 4.86. The van der Waals surface area contributed by atoms with Gasteiger partial charge in [0.2, 0.25) is 5.91 Å². The SMILES string of the molecule is CC(C)CC(=O)N1CCCN(CCCl)CC1. The lowest BCUT2D eigenvalue weighted by Gasteiger charge is -2.22. The maximum absolute atomic E-state index is 11.9. The molecule has 1 fully saturated rings. The Hall–Kier alpha value is -0.280. The summed E-state index contributed by atoms with van der Waals surface area (Å²) in [7, 11) is 0. The van der Waals surface area contributed by atoms with Gasteiger partial charge in [-0.05, 0) is 18.9 Å². The van der Waals surface area contributed by atoms with Crippen molar-refractivity contribution >= 4 is 17.5 Å². The molecule has 0 atom stereocenters. The zero-order valence-electron chi connectivity index (χ0n) is 10.4. The van der Waals surface area contributed by atoms with Crippen molar-refractivity contribution < 1.29 is 4.79 Å². The normalized spacial score (nSPS) is 18.9. The van der Waals surface area contributed by atoms with Gasteiger partial charge in [0.15, 0.2) is 0 Å². The van der Waals surface area contributed by atoms with Gasteiger partial charge >= 0.3 is 0 Å². The maximum Gasteiger partial charge on any atom is 0.222 e. The molecule has 0 aliphatic carbocycles. The number of alkyl halides is 1. The van der Waals surface area contributed by atoms with Gasteiger partial charge in [0.05, 0.1) is 0 Å². The number of nitrogens with zero attached hydrogens (tertiary/aromatic N) is 2. The summed E-state index contributed by atoms with van der Waals surface area (Å²) >= 11 is 5.73. The summed E-state index contributed by atoms with van der Waals surface area (Å²) in [6.07, 6.45) is 1.75. The van der Waals surface area contributed by atoms with Gasteiger partial charge in [0, 0.05) is 38.5 Å². The lowest BCUT2D eigenvalue weighted by atomic mass is 10.1. The summed E-state index contributed by atoms with van der Waals surface area (Å²) < 4.78 is 0. The van der Waals surface area contributed by atoms with Crippen molar-refractivity contribution in [3.63, 3.8) is 0 Å². The van der Waals surface area contributed by atoms with E-state index in [0.29, 0.717) is 24.1 Å². The first-order valence-corrected chi connectivity index (χ1v) is 6.73. The summed E-state index contributed by atoms with van der Waals surface area (Å²) in [5.41, 5.74) is 0. The van der Waals surface area contributed by atoms with Gasteiger partial charge in [-0.25, -0.2) is 0 Å². The Kier molecular flexibility index (Phi) is 6.14. The van der Waals surface area contributed by atoms with Gasteiger partial charge in [0.1, 0.15) is 0 Å². The van der Waals surface area contributed by atoms with E-state index >= 15 is 0 Å². The highest BCUT2D eigenvalue weighted by atomic mass is 35.5. The van der Waals surface area contributed by atoms with Crippen LogP contribution in [0, 0.1) is 5.92 Å². The minimum Gasteiger partial charge on any atom is -0.341 e. The maximum atomic E-state index is 11.9. The molecule has 94 valence electrons. The van der Waals surface area contributed by atoms with Crippen LogP contribution < -0.4 is 0 Å².